The Morgan fingerprint density at radius 2 is 1.63 bits per heavy atom. The highest BCUT2D eigenvalue weighted by atomic mass is 127. The molecule has 0 saturated carbocycles. The summed E-state index contributed by atoms with van der Waals surface area (Å²) in [5, 5.41) is 0. The van der Waals surface area contributed by atoms with Crippen LogP contribution in [0.25, 0.3) is 6.08 Å². The van der Waals surface area contributed by atoms with Gasteiger partial charge in [-0.15, -0.1) is 0 Å². The number of methoxy groups -OCH3 is 1. The van der Waals surface area contributed by atoms with Crippen LogP contribution in [0.15, 0.2) is 42.0 Å². The van der Waals surface area contributed by atoms with E-state index in [4.69, 9.17) is 9.47 Å². The summed E-state index contributed by atoms with van der Waals surface area (Å²) >= 11 is 2.06. The van der Waals surface area contributed by atoms with E-state index in [2.05, 4.69) is 22.6 Å². The van der Waals surface area contributed by atoms with Crippen LogP contribution in [0.5, 0.6) is 11.5 Å². The van der Waals surface area contributed by atoms with Crippen molar-refractivity contribution in [1.82, 2.24) is 9.80 Å². The van der Waals surface area contributed by atoms with Crippen LogP contribution in [0.4, 0.5) is 9.18 Å². The summed E-state index contributed by atoms with van der Waals surface area (Å²) in [6, 6.07) is 8.64. The van der Waals surface area contributed by atoms with Gasteiger partial charge in [-0.3, -0.25) is 19.4 Å². The highest BCUT2D eigenvalue weighted by Gasteiger charge is 2.37. The second-order valence-corrected chi connectivity index (χ2v) is 7.68. The second-order valence-electron chi connectivity index (χ2n) is 6.52. The normalized spacial score (nSPS) is 14.3. The third-order valence-corrected chi connectivity index (χ3v) is 5.30. The SMILES string of the molecule is COc1cc(C=C2C(=O)N(C)C(=O)N(C)C2=O)cc(I)c1OCc1ccc(F)cc1. The second kappa shape index (κ2) is 8.82. The van der Waals surface area contributed by atoms with Crippen LogP contribution in [-0.4, -0.2) is 48.9 Å². The topological polar surface area (TPSA) is 76.2 Å². The molecule has 1 aliphatic heterocycles. The number of amides is 4. The van der Waals surface area contributed by atoms with Gasteiger partial charge in [0.2, 0.25) is 0 Å². The molecule has 0 atom stereocenters. The number of halogens is 2. The molecule has 156 valence electrons. The number of barbiturate groups is 1. The smallest absolute Gasteiger partial charge is 0.333 e. The van der Waals surface area contributed by atoms with Gasteiger partial charge in [0.05, 0.1) is 10.7 Å². The van der Waals surface area contributed by atoms with Crippen molar-refractivity contribution in [2.75, 3.05) is 21.2 Å². The summed E-state index contributed by atoms with van der Waals surface area (Å²) < 4.78 is 25.0. The Bertz CT molecular complexity index is 1030. The molecule has 0 unspecified atom stereocenters. The first-order chi connectivity index (χ1) is 14.2. The maximum absolute atomic E-state index is 13.1. The van der Waals surface area contributed by atoms with Crippen molar-refractivity contribution in [1.29, 1.82) is 0 Å². The van der Waals surface area contributed by atoms with Crippen molar-refractivity contribution in [3.8, 4) is 11.5 Å². The summed E-state index contributed by atoms with van der Waals surface area (Å²) in [6.07, 6.45) is 1.42. The lowest BCUT2D eigenvalue weighted by molar-refractivity contribution is -0.134. The van der Waals surface area contributed by atoms with Crippen LogP contribution in [-0.2, 0) is 16.2 Å². The van der Waals surface area contributed by atoms with Gasteiger partial charge in [-0.05, 0) is 64.1 Å². The quantitative estimate of drug-likeness (QED) is 0.341. The summed E-state index contributed by atoms with van der Waals surface area (Å²) in [5.41, 5.74) is 1.20. The Morgan fingerprint density at radius 1 is 1.03 bits per heavy atom. The van der Waals surface area contributed by atoms with Crippen molar-refractivity contribution in [3.63, 3.8) is 0 Å². The van der Waals surface area contributed by atoms with E-state index in [1.807, 2.05) is 0 Å². The molecule has 2 aromatic rings. The molecule has 30 heavy (non-hydrogen) atoms. The van der Waals surface area contributed by atoms with Crippen molar-refractivity contribution >= 4 is 46.5 Å². The van der Waals surface area contributed by atoms with Crippen molar-refractivity contribution in [2.45, 2.75) is 6.61 Å². The zero-order valence-electron chi connectivity index (χ0n) is 16.4. The van der Waals surface area contributed by atoms with E-state index in [1.165, 1.54) is 39.4 Å². The average molecular weight is 524 g/mol. The Balaban J connectivity index is 1.90. The summed E-state index contributed by atoms with van der Waals surface area (Å²) in [5.74, 6) is -0.782. The number of carbonyl (C=O) groups excluding carboxylic acids is 3. The van der Waals surface area contributed by atoms with Crippen LogP contribution < -0.4 is 9.47 Å². The minimum Gasteiger partial charge on any atom is -0.493 e. The number of benzene rings is 2. The molecule has 4 amide bonds. The van der Waals surface area contributed by atoms with E-state index in [0.717, 1.165) is 15.4 Å². The molecule has 0 bridgehead atoms. The molecule has 1 aliphatic rings. The van der Waals surface area contributed by atoms with Crippen LogP contribution in [0, 0.1) is 9.39 Å². The highest BCUT2D eigenvalue weighted by Crippen LogP contribution is 2.35. The predicted octanol–water partition coefficient (Wildman–Crippen LogP) is 3.45. The first-order valence-electron chi connectivity index (χ1n) is 8.79. The van der Waals surface area contributed by atoms with E-state index in [9.17, 15) is 18.8 Å². The minimum atomic E-state index is -0.682. The van der Waals surface area contributed by atoms with E-state index in [-0.39, 0.29) is 18.0 Å². The number of nitrogens with zero attached hydrogens (tertiary/aromatic N) is 2. The maximum atomic E-state index is 13.1. The number of hydrogen-bond acceptors (Lipinski definition) is 5. The number of urea groups is 1. The molecule has 9 heteroatoms. The molecule has 0 N–H and O–H groups in total. The predicted molar refractivity (Wildman–Crippen MR) is 115 cm³/mol. The van der Waals surface area contributed by atoms with Crippen molar-refractivity contribution in [2.24, 2.45) is 0 Å². The number of ether oxygens (including phenoxy) is 2. The van der Waals surface area contributed by atoms with Crippen LogP contribution >= 0.6 is 22.6 Å². The fourth-order valence-electron chi connectivity index (χ4n) is 2.84. The Kier molecular flexibility index (Phi) is 6.40. The molecule has 0 spiro atoms. The monoisotopic (exact) mass is 524 g/mol. The molecule has 1 saturated heterocycles. The summed E-state index contributed by atoms with van der Waals surface area (Å²) in [4.78, 5) is 38.4. The maximum Gasteiger partial charge on any atom is 0.333 e. The van der Waals surface area contributed by atoms with E-state index in [1.54, 1.807) is 24.3 Å². The largest absolute Gasteiger partial charge is 0.493 e. The average Bonchev–Trinajstić information content (AvgIpc) is 2.74. The van der Waals surface area contributed by atoms with Crippen LogP contribution in [0.3, 0.4) is 0 Å². The summed E-state index contributed by atoms with van der Waals surface area (Å²) in [6.45, 7) is 0.210. The molecule has 0 aromatic heterocycles. The Morgan fingerprint density at radius 3 is 2.20 bits per heavy atom. The molecular formula is C21H18FIN2O5. The zero-order chi connectivity index (χ0) is 22.0. The highest BCUT2D eigenvalue weighted by molar-refractivity contribution is 14.1. The fourth-order valence-corrected chi connectivity index (χ4v) is 3.62. The summed E-state index contributed by atoms with van der Waals surface area (Å²) in [7, 11) is 4.11. The Labute approximate surface area is 186 Å². The van der Waals surface area contributed by atoms with E-state index < -0.39 is 17.8 Å². The van der Waals surface area contributed by atoms with Gasteiger partial charge in [-0.25, -0.2) is 9.18 Å². The van der Waals surface area contributed by atoms with Gasteiger partial charge >= 0.3 is 6.03 Å². The van der Waals surface area contributed by atoms with Gasteiger partial charge in [-0.2, -0.15) is 0 Å². The van der Waals surface area contributed by atoms with Crippen molar-refractivity contribution < 1.29 is 28.2 Å². The molecule has 3 rings (SSSR count). The molecule has 1 fully saturated rings. The molecular weight excluding hydrogens is 506 g/mol. The van der Waals surface area contributed by atoms with Crippen LogP contribution in [0.2, 0.25) is 0 Å². The van der Waals surface area contributed by atoms with Gasteiger partial charge in [0.15, 0.2) is 11.5 Å². The molecule has 0 aliphatic carbocycles. The first-order valence-corrected chi connectivity index (χ1v) is 9.87. The molecule has 1 heterocycles. The lowest BCUT2D eigenvalue weighted by Gasteiger charge is -2.28. The minimum absolute atomic E-state index is 0.127. The van der Waals surface area contributed by atoms with Gasteiger partial charge in [0.1, 0.15) is 18.0 Å². The standard InChI is InChI=1S/C21H18FIN2O5/c1-24-19(26)15(20(27)25(2)21(24)28)8-13-9-16(23)18(17(10-13)29-3)30-11-12-4-6-14(22)7-5-12/h4-10H,11H2,1-3H3. The third kappa shape index (κ3) is 4.30. The van der Waals surface area contributed by atoms with E-state index in [0.29, 0.717) is 20.6 Å². The number of likely N-dealkylation sites (N-methyl/N-ethyl adjacent to an activating group) is 2. The van der Waals surface area contributed by atoms with Gasteiger partial charge in [-0.1, -0.05) is 12.1 Å². The molecule has 7 nitrogen and oxygen atoms in total. The molecule has 0 radical (unpaired) electrons. The number of imide groups is 2. The first kappa shape index (κ1) is 21.8. The number of rotatable bonds is 5. The number of hydrogen-bond donors (Lipinski definition) is 0. The van der Waals surface area contributed by atoms with Crippen LogP contribution in [0.1, 0.15) is 11.1 Å². The lowest BCUT2D eigenvalue weighted by atomic mass is 10.1. The van der Waals surface area contributed by atoms with Gasteiger partial charge in [0, 0.05) is 14.1 Å². The number of carbonyl (C=O) groups is 3. The van der Waals surface area contributed by atoms with Gasteiger partial charge in [0.25, 0.3) is 11.8 Å². The van der Waals surface area contributed by atoms with Crippen molar-refractivity contribution in [3.05, 3.63) is 62.5 Å². The zero-order valence-corrected chi connectivity index (χ0v) is 18.6. The lowest BCUT2D eigenvalue weighted by Crippen LogP contribution is -2.52. The fraction of sp³-hybridized carbons (Fsp3) is 0.190. The van der Waals surface area contributed by atoms with E-state index >= 15 is 0 Å². The molecule has 2 aromatic carbocycles. The Hall–Kier alpha value is -2.95. The van der Waals surface area contributed by atoms with Gasteiger partial charge < -0.3 is 9.47 Å². The third-order valence-electron chi connectivity index (χ3n) is 4.50.